The Bertz CT molecular complexity index is 823. The Hall–Kier alpha value is -0.380. The molecule has 5 fully saturated rings. The average molecular weight is 473 g/mol. The highest BCUT2D eigenvalue weighted by Crippen LogP contribution is 2.77. The summed E-state index contributed by atoms with van der Waals surface area (Å²) >= 11 is 0. The van der Waals surface area contributed by atoms with Crippen LogP contribution in [-0.4, -0.2) is 36.6 Å². The summed E-state index contributed by atoms with van der Waals surface area (Å²) in [6.45, 7) is 17.9. The van der Waals surface area contributed by atoms with Crippen molar-refractivity contribution in [1.29, 1.82) is 0 Å². The Morgan fingerprint density at radius 2 is 1.62 bits per heavy atom. The van der Waals surface area contributed by atoms with Crippen molar-refractivity contribution in [3.05, 3.63) is 12.2 Å². The molecule has 5 rings (SSSR count). The topological polar surface area (TPSA) is 49.7 Å². The van der Waals surface area contributed by atoms with E-state index in [9.17, 15) is 10.2 Å². The van der Waals surface area contributed by atoms with Crippen molar-refractivity contribution in [2.75, 3.05) is 20.3 Å². The average Bonchev–Trinajstić information content (AvgIpc) is 3.17. The van der Waals surface area contributed by atoms with Gasteiger partial charge in [-0.2, -0.15) is 0 Å². The van der Waals surface area contributed by atoms with Gasteiger partial charge in [0.25, 0.3) is 0 Å². The monoisotopic (exact) mass is 472 g/mol. The smallest absolute Gasteiger partial charge is 0.0618 e. The van der Waals surface area contributed by atoms with Crippen molar-refractivity contribution in [3.63, 3.8) is 0 Å². The van der Waals surface area contributed by atoms with E-state index in [4.69, 9.17) is 4.74 Å². The van der Waals surface area contributed by atoms with Gasteiger partial charge in [0.1, 0.15) is 0 Å². The van der Waals surface area contributed by atoms with Gasteiger partial charge < -0.3 is 14.9 Å². The highest BCUT2D eigenvalue weighted by molar-refractivity contribution is 5.21. The van der Waals surface area contributed by atoms with E-state index in [2.05, 4.69) is 41.2 Å². The number of rotatable bonds is 4. The number of ether oxygens (including phenoxy) is 1. The maximum Gasteiger partial charge on any atom is 0.0618 e. The first-order chi connectivity index (χ1) is 15.9. The Balaban J connectivity index is 1.54. The summed E-state index contributed by atoms with van der Waals surface area (Å²) in [7, 11) is 1.91. The van der Waals surface area contributed by atoms with Crippen LogP contribution >= 0.6 is 0 Å². The molecular weight excluding hydrogens is 420 g/mol. The predicted molar refractivity (Wildman–Crippen MR) is 138 cm³/mol. The molecule has 2 N–H and O–H groups in total. The van der Waals surface area contributed by atoms with Gasteiger partial charge in [-0.25, -0.2) is 0 Å². The molecule has 0 saturated heterocycles. The summed E-state index contributed by atoms with van der Waals surface area (Å²) in [4.78, 5) is 0. The van der Waals surface area contributed by atoms with E-state index in [-0.39, 0.29) is 23.5 Å². The van der Waals surface area contributed by atoms with Crippen LogP contribution < -0.4 is 0 Å². The van der Waals surface area contributed by atoms with Crippen LogP contribution in [0.4, 0.5) is 0 Å². The first kappa shape index (κ1) is 25.3. The number of methoxy groups -OCH3 is 1. The van der Waals surface area contributed by atoms with Crippen molar-refractivity contribution < 1.29 is 14.9 Å². The lowest BCUT2D eigenvalue weighted by Gasteiger charge is -2.73. The maximum absolute atomic E-state index is 11.0. The van der Waals surface area contributed by atoms with Gasteiger partial charge >= 0.3 is 0 Å². The second-order valence-corrected chi connectivity index (χ2v) is 14.7. The van der Waals surface area contributed by atoms with Crippen molar-refractivity contribution >= 4 is 0 Å². The van der Waals surface area contributed by atoms with E-state index in [1.807, 2.05) is 7.11 Å². The first-order valence-corrected chi connectivity index (χ1v) is 14.4. The minimum absolute atomic E-state index is 0.111. The molecule has 5 saturated carbocycles. The standard InChI is InChI=1S/C31H52O3/c1-20(2)21-10-15-31(19-34-7)17-16-29(5)22(26(21)31)8-9-24-27(3)13-12-25(33)28(4,18-32)23(27)11-14-30(24,29)6/h21-26,32-33H,1,8-19H2,2-7H3/t21-,22?,23+,24?,25?,26?,27-,28-,29+,30+,31+/m0/s1. The maximum atomic E-state index is 11.0. The Kier molecular flexibility index (Phi) is 5.99. The number of fused-ring (bicyclic) bond motifs is 7. The molecule has 0 aromatic heterocycles. The summed E-state index contributed by atoms with van der Waals surface area (Å²) in [5, 5.41) is 21.4. The van der Waals surface area contributed by atoms with Gasteiger partial charge in [-0.15, -0.1) is 0 Å². The first-order valence-electron chi connectivity index (χ1n) is 14.4. The largest absolute Gasteiger partial charge is 0.396 e. The molecule has 0 bridgehead atoms. The number of aliphatic hydroxyl groups excluding tert-OH is 2. The van der Waals surface area contributed by atoms with Crippen molar-refractivity contribution in [1.82, 2.24) is 0 Å². The van der Waals surface area contributed by atoms with E-state index >= 15 is 0 Å². The lowest BCUT2D eigenvalue weighted by atomic mass is 9.32. The molecular formula is C31H52O3. The van der Waals surface area contributed by atoms with Crippen LogP contribution in [0.5, 0.6) is 0 Å². The van der Waals surface area contributed by atoms with Gasteiger partial charge in [-0.05, 0) is 122 Å². The number of allylic oxidation sites excluding steroid dienone is 1. The minimum Gasteiger partial charge on any atom is -0.396 e. The zero-order valence-electron chi connectivity index (χ0n) is 23.0. The van der Waals surface area contributed by atoms with Gasteiger partial charge in [0, 0.05) is 12.5 Å². The normalized spacial score (nSPS) is 56.7. The molecule has 3 nitrogen and oxygen atoms in total. The molecule has 11 atom stereocenters. The third kappa shape index (κ3) is 2.99. The van der Waals surface area contributed by atoms with E-state index in [1.54, 1.807) is 0 Å². The van der Waals surface area contributed by atoms with Crippen molar-refractivity contribution in [3.8, 4) is 0 Å². The summed E-state index contributed by atoms with van der Waals surface area (Å²) in [6, 6.07) is 0. The van der Waals surface area contributed by atoms with E-state index < -0.39 is 0 Å². The van der Waals surface area contributed by atoms with Gasteiger partial charge in [0.05, 0.1) is 19.3 Å². The van der Waals surface area contributed by atoms with Crippen molar-refractivity contribution in [2.45, 2.75) is 105 Å². The van der Waals surface area contributed by atoms with Crippen molar-refractivity contribution in [2.24, 2.45) is 56.7 Å². The molecule has 0 amide bonds. The third-order valence-electron chi connectivity index (χ3n) is 13.8. The van der Waals surface area contributed by atoms with Crippen LogP contribution in [0, 0.1) is 56.7 Å². The highest BCUT2D eigenvalue weighted by Gasteiger charge is 2.71. The molecule has 34 heavy (non-hydrogen) atoms. The molecule has 194 valence electrons. The summed E-state index contributed by atoms with van der Waals surface area (Å²) < 4.78 is 5.91. The zero-order valence-corrected chi connectivity index (χ0v) is 23.0. The summed E-state index contributed by atoms with van der Waals surface area (Å²) in [5.41, 5.74) is 2.26. The van der Waals surface area contributed by atoms with Gasteiger partial charge in [-0.3, -0.25) is 0 Å². The van der Waals surface area contributed by atoms with E-state index in [0.717, 1.165) is 31.8 Å². The summed E-state index contributed by atoms with van der Waals surface area (Å²) in [6.07, 6.45) is 11.9. The summed E-state index contributed by atoms with van der Waals surface area (Å²) in [5.74, 6) is 3.20. The second kappa shape index (κ2) is 8.06. The number of hydrogen-bond donors (Lipinski definition) is 2. The number of hydrogen-bond acceptors (Lipinski definition) is 3. The second-order valence-electron chi connectivity index (χ2n) is 14.7. The van der Waals surface area contributed by atoms with E-state index in [1.165, 1.54) is 50.5 Å². The van der Waals surface area contributed by atoms with E-state index in [0.29, 0.717) is 39.9 Å². The lowest BCUT2D eigenvalue weighted by molar-refractivity contribution is -0.255. The fourth-order valence-corrected chi connectivity index (χ4v) is 11.8. The molecule has 0 heterocycles. The number of aliphatic hydroxyl groups is 2. The molecule has 0 spiro atoms. The molecule has 0 aromatic rings. The lowest BCUT2D eigenvalue weighted by Crippen LogP contribution is -2.67. The van der Waals surface area contributed by atoms with Gasteiger partial charge in [0.15, 0.2) is 0 Å². The SMILES string of the molecule is C=C(C)[C@@H]1CC[C@]2(COC)CC[C@]3(C)C(CCC4[C@@]5(C)CCC(O)[C@@](C)(CO)[C@@H]5CC[C@]43C)C12. The highest BCUT2D eigenvalue weighted by atomic mass is 16.5. The van der Waals surface area contributed by atoms with Gasteiger partial charge in [-0.1, -0.05) is 39.8 Å². The molecule has 0 radical (unpaired) electrons. The fraction of sp³-hybridized carbons (Fsp3) is 0.935. The zero-order chi connectivity index (χ0) is 24.7. The molecule has 0 aliphatic heterocycles. The minimum atomic E-state index is -0.369. The molecule has 3 heteroatoms. The van der Waals surface area contributed by atoms with Crippen LogP contribution in [0.3, 0.4) is 0 Å². The van der Waals surface area contributed by atoms with Gasteiger partial charge in [0.2, 0.25) is 0 Å². The van der Waals surface area contributed by atoms with Crippen LogP contribution in [0.2, 0.25) is 0 Å². The Morgan fingerprint density at radius 1 is 0.882 bits per heavy atom. The molecule has 4 unspecified atom stereocenters. The van der Waals surface area contributed by atoms with Crippen LogP contribution in [0.15, 0.2) is 12.2 Å². The van der Waals surface area contributed by atoms with Crippen LogP contribution in [0.1, 0.15) is 98.8 Å². The predicted octanol–water partition coefficient (Wildman–Crippen LogP) is 6.62. The van der Waals surface area contributed by atoms with Crippen LogP contribution in [0.25, 0.3) is 0 Å². The fourth-order valence-electron chi connectivity index (χ4n) is 11.8. The molecule has 5 aliphatic rings. The Morgan fingerprint density at radius 3 is 2.26 bits per heavy atom. The molecule has 0 aromatic carbocycles. The van der Waals surface area contributed by atoms with Crippen LogP contribution in [-0.2, 0) is 4.74 Å². The molecule has 5 aliphatic carbocycles. The Labute approximate surface area is 209 Å². The quantitative estimate of drug-likeness (QED) is 0.452. The third-order valence-corrected chi connectivity index (χ3v) is 13.8.